The Labute approximate surface area is 152 Å². The molecule has 0 atom stereocenters. The molecule has 2 heterocycles. The summed E-state index contributed by atoms with van der Waals surface area (Å²) in [5.41, 5.74) is 3.87. The van der Waals surface area contributed by atoms with Gasteiger partial charge >= 0.3 is 0 Å². The van der Waals surface area contributed by atoms with Crippen molar-refractivity contribution in [3.63, 3.8) is 0 Å². The number of hydrogen-bond acceptors (Lipinski definition) is 5. The van der Waals surface area contributed by atoms with Gasteiger partial charge < -0.3 is 5.32 Å². The Morgan fingerprint density at radius 1 is 0.792 bits per heavy atom. The summed E-state index contributed by atoms with van der Waals surface area (Å²) >= 11 is 9.11. The lowest BCUT2D eigenvalue weighted by Crippen LogP contribution is -1.88. The second kappa shape index (κ2) is 6.73. The van der Waals surface area contributed by atoms with Gasteiger partial charge in [0, 0.05) is 27.0 Å². The van der Waals surface area contributed by atoms with Crippen LogP contribution in [0.1, 0.15) is 0 Å². The average molecular weight is 370 g/mol. The predicted octanol–water partition coefficient (Wildman–Crippen LogP) is 6.33. The molecule has 0 unspecified atom stereocenters. The van der Waals surface area contributed by atoms with Crippen LogP contribution in [0.2, 0.25) is 5.02 Å². The summed E-state index contributed by atoms with van der Waals surface area (Å²) < 4.78 is 0. The third-order valence-corrected chi connectivity index (χ3v) is 5.29. The highest BCUT2D eigenvalue weighted by Gasteiger charge is 2.10. The third-order valence-electron chi connectivity index (χ3n) is 3.39. The first-order valence-electron chi connectivity index (χ1n) is 7.27. The minimum Gasteiger partial charge on any atom is -0.332 e. The van der Waals surface area contributed by atoms with Crippen LogP contribution in [0.3, 0.4) is 0 Å². The highest BCUT2D eigenvalue weighted by molar-refractivity contribution is 7.14. The van der Waals surface area contributed by atoms with Crippen molar-refractivity contribution in [3.8, 4) is 22.0 Å². The smallest absolute Gasteiger partial charge is 0.187 e. The number of benzene rings is 2. The average Bonchev–Trinajstić information content (AvgIpc) is 3.26. The predicted molar refractivity (Wildman–Crippen MR) is 103 cm³/mol. The number of aromatic nitrogens is 2. The number of para-hydroxylation sites is 1. The number of nitrogens with zero attached hydrogens (tertiary/aromatic N) is 2. The van der Waals surface area contributed by atoms with Gasteiger partial charge in [0.2, 0.25) is 0 Å². The van der Waals surface area contributed by atoms with Gasteiger partial charge in [-0.3, -0.25) is 0 Å². The molecule has 0 aliphatic heterocycles. The number of rotatable bonds is 4. The summed E-state index contributed by atoms with van der Waals surface area (Å²) in [4.78, 5) is 9.32. The summed E-state index contributed by atoms with van der Waals surface area (Å²) in [6, 6.07) is 17.7. The van der Waals surface area contributed by atoms with Crippen molar-refractivity contribution >= 4 is 45.1 Å². The molecule has 1 N–H and O–H groups in total. The Kier molecular flexibility index (Phi) is 4.30. The van der Waals surface area contributed by atoms with E-state index >= 15 is 0 Å². The topological polar surface area (TPSA) is 37.8 Å². The van der Waals surface area contributed by atoms with Crippen molar-refractivity contribution in [1.82, 2.24) is 9.97 Å². The Bertz CT molecular complexity index is 946. The first-order valence-corrected chi connectivity index (χ1v) is 9.41. The van der Waals surface area contributed by atoms with Crippen molar-refractivity contribution < 1.29 is 0 Å². The largest absolute Gasteiger partial charge is 0.332 e. The molecule has 0 spiro atoms. The maximum absolute atomic E-state index is 5.94. The van der Waals surface area contributed by atoms with Gasteiger partial charge in [-0.15, -0.1) is 22.7 Å². The Balaban J connectivity index is 1.56. The summed E-state index contributed by atoms with van der Waals surface area (Å²) in [6.45, 7) is 0. The van der Waals surface area contributed by atoms with Gasteiger partial charge in [-0.05, 0) is 24.3 Å². The zero-order valence-corrected chi connectivity index (χ0v) is 14.8. The van der Waals surface area contributed by atoms with Crippen LogP contribution in [0.4, 0.5) is 10.8 Å². The maximum atomic E-state index is 5.94. The van der Waals surface area contributed by atoms with Gasteiger partial charge in [0.25, 0.3) is 0 Å². The van der Waals surface area contributed by atoms with E-state index in [0.29, 0.717) is 0 Å². The number of anilines is 2. The molecule has 0 bridgehead atoms. The van der Waals surface area contributed by atoms with Gasteiger partial charge in [0.15, 0.2) is 5.13 Å². The second-order valence-corrected chi connectivity index (χ2v) is 7.23. The maximum Gasteiger partial charge on any atom is 0.187 e. The van der Waals surface area contributed by atoms with Crippen LogP contribution in [0.15, 0.2) is 65.4 Å². The number of hydrogen-bond donors (Lipinski definition) is 1. The van der Waals surface area contributed by atoms with Gasteiger partial charge in [-0.25, -0.2) is 9.97 Å². The lowest BCUT2D eigenvalue weighted by molar-refractivity contribution is 1.32. The molecule has 0 saturated carbocycles. The first kappa shape index (κ1) is 15.3. The SMILES string of the molecule is Clc1ccc(-c2nc(-c3csc(Nc4ccccc4)n3)cs2)cc1. The lowest BCUT2D eigenvalue weighted by Gasteiger charge is -2.00. The molecule has 4 aromatic rings. The van der Waals surface area contributed by atoms with Crippen LogP contribution in [-0.2, 0) is 0 Å². The number of halogens is 1. The van der Waals surface area contributed by atoms with Crippen molar-refractivity contribution in [3.05, 3.63) is 70.4 Å². The van der Waals surface area contributed by atoms with Crippen LogP contribution in [0.5, 0.6) is 0 Å². The molecule has 24 heavy (non-hydrogen) atoms. The highest BCUT2D eigenvalue weighted by Crippen LogP contribution is 2.31. The fraction of sp³-hybridized carbons (Fsp3) is 0. The van der Waals surface area contributed by atoms with Crippen LogP contribution < -0.4 is 5.32 Å². The quantitative estimate of drug-likeness (QED) is 0.456. The fourth-order valence-electron chi connectivity index (χ4n) is 2.21. The molecule has 0 amide bonds. The van der Waals surface area contributed by atoms with E-state index < -0.39 is 0 Å². The van der Waals surface area contributed by atoms with Crippen LogP contribution in [-0.4, -0.2) is 9.97 Å². The van der Waals surface area contributed by atoms with E-state index in [4.69, 9.17) is 16.6 Å². The monoisotopic (exact) mass is 369 g/mol. The summed E-state index contributed by atoms with van der Waals surface area (Å²) in [6.07, 6.45) is 0. The van der Waals surface area contributed by atoms with Crippen molar-refractivity contribution in [2.24, 2.45) is 0 Å². The highest BCUT2D eigenvalue weighted by atomic mass is 35.5. The van der Waals surface area contributed by atoms with Gasteiger partial charge in [-0.2, -0.15) is 0 Å². The molecule has 0 aliphatic carbocycles. The molecular formula is C18H12ClN3S2. The molecule has 2 aromatic carbocycles. The molecule has 0 aliphatic rings. The molecule has 118 valence electrons. The Hall–Kier alpha value is -2.21. The van der Waals surface area contributed by atoms with E-state index in [1.807, 2.05) is 65.4 Å². The summed E-state index contributed by atoms with van der Waals surface area (Å²) in [7, 11) is 0. The van der Waals surface area contributed by atoms with Crippen molar-refractivity contribution in [2.75, 3.05) is 5.32 Å². The summed E-state index contributed by atoms with van der Waals surface area (Å²) in [5, 5.41) is 9.91. The first-order chi connectivity index (χ1) is 11.8. The molecule has 2 aromatic heterocycles. The van der Waals surface area contributed by atoms with E-state index in [2.05, 4.69) is 10.3 Å². The molecular weight excluding hydrogens is 358 g/mol. The Morgan fingerprint density at radius 2 is 1.50 bits per heavy atom. The molecule has 4 rings (SSSR count). The normalized spacial score (nSPS) is 10.7. The van der Waals surface area contributed by atoms with E-state index in [0.717, 1.165) is 37.8 Å². The summed E-state index contributed by atoms with van der Waals surface area (Å²) in [5.74, 6) is 0. The van der Waals surface area contributed by atoms with E-state index in [9.17, 15) is 0 Å². The minimum atomic E-state index is 0.728. The number of thiazole rings is 2. The van der Waals surface area contributed by atoms with Crippen LogP contribution >= 0.6 is 34.3 Å². The minimum absolute atomic E-state index is 0.728. The van der Waals surface area contributed by atoms with Gasteiger partial charge in [0.05, 0.1) is 0 Å². The molecule has 0 radical (unpaired) electrons. The van der Waals surface area contributed by atoms with Crippen molar-refractivity contribution in [2.45, 2.75) is 0 Å². The molecule has 3 nitrogen and oxygen atoms in total. The Morgan fingerprint density at radius 3 is 2.29 bits per heavy atom. The lowest BCUT2D eigenvalue weighted by atomic mass is 10.2. The zero-order chi connectivity index (χ0) is 16.4. The molecule has 0 fully saturated rings. The number of nitrogens with one attached hydrogen (secondary N) is 1. The zero-order valence-electron chi connectivity index (χ0n) is 12.4. The van der Waals surface area contributed by atoms with E-state index in [1.54, 1.807) is 22.7 Å². The standard InChI is InChI=1S/C18H12ClN3S2/c19-13-8-6-12(7-9-13)17-21-15(10-23-17)16-11-24-18(22-16)20-14-4-2-1-3-5-14/h1-11H,(H,20,22). The molecule has 6 heteroatoms. The fourth-order valence-corrected chi connectivity index (χ4v) is 3.88. The van der Waals surface area contributed by atoms with Crippen LogP contribution in [0.25, 0.3) is 22.0 Å². The van der Waals surface area contributed by atoms with E-state index in [1.165, 1.54) is 0 Å². The van der Waals surface area contributed by atoms with E-state index in [-0.39, 0.29) is 0 Å². The van der Waals surface area contributed by atoms with Crippen LogP contribution in [0, 0.1) is 0 Å². The van der Waals surface area contributed by atoms with Gasteiger partial charge in [-0.1, -0.05) is 41.9 Å². The second-order valence-electron chi connectivity index (χ2n) is 5.07. The van der Waals surface area contributed by atoms with Gasteiger partial charge in [0.1, 0.15) is 16.4 Å². The van der Waals surface area contributed by atoms with Crippen molar-refractivity contribution in [1.29, 1.82) is 0 Å². The third kappa shape index (κ3) is 3.33. The molecule has 0 saturated heterocycles.